The number of benzene rings is 2. The maximum absolute atomic E-state index is 12.7. The van der Waals surface area contributed by atoms with Gasteiger partial charge < -0.3 is 14.5 Å². The Kier molecular flexibility index (Phi) is 5.70. The van der Waals surface area contributed by atoms with E-state index in [0.717, 1.165) is 0 Å². The van der Waals surface area contributed by atoms with Crippen molar-refractivity contribution in [2.45, 2.75) is 6.54 Å². The number of hydrogen-bond acceptors (Lipinski definition) is 5. The van der Waals surface area contributed by atoms with Gasteiger partial charge in [-0.3, -0.25) is 9.59 Å². The summed E-state index contributed by atoms with van der Waals surface area (Å²) in [4.78, 5) is 24.8. The minimum Gasteiger partial charge on any atom is -0.463 e. The van der Waals surface area contributed by atoms with Gasteiger partial charge in [0.1, 0.15) is 17.2 Å². The lowest BCUT2D eigenvalue weighted by Crippen LogP contribution is -2.32. The van der Waals surface area contributed by atoms with Crippen molar-refractivity contribution < 1.29 is 13.9 Å². The van der Waals surface area contributed by atoms with Crippen LogP contribution < -0.4 is 15.6 Å². The van der Waals surface area contributed by atoms with E-state index in [9.17, 15) is 9.59 Å². The number of aromatic nitrogens is 2. The average Bonchev–Trinajstić information content (AvgIpc) is 3.31. The van der Waals surface area contributed by atoms with Crippen LogP contribution in [0.15, 0.2) is 94.3 Å². The number of ether oxygens (including phenoxy) is 1. The highest BCUT2D eigenvalue weighted by atomic mass is 16.5. The van der Waals surface area contributed by atoms with Crippen LogP contribution in [0.25, 0.3) is 11.5 Å². The molecule has 0 aliphatic heterocycles. The van der Waals surface area contributed by atoms with Crippen LogP contribution in [0.3, 0.4) is 0 Å². The molecule has 1 amide bonds. The lowest BCUT2D eigenvalue weighted by molar-refractivity contribution is 0.0949. The van der Waals surface area contributed by atoms with E-state index in [1.54, 1.807) is 48.7 Å². The third-order valence-electron chi connectivity index (χ3n) is 4.35. The first-order valence-electron chi connectivity index (χ1n) is 9.43. The molecule has 2 aromatic carbocycles. The van der Waals surface area contributed by atoms with Gasteiger partial charge in [-0.1, -0.05) is 30.3 Å². The second-order valence-electron chi connectivity index (χ2n) is 6.42. The number of carbonyl (C=O) groups is 1. The second kappa shape index (κ2) is 8.91. The summed E-state index contributed by atoms with van der Waals surface area (Å²) in [5, 5.41) is 7.11. The lowest BCUT2D eigenvalue weighted by Gasteiger charge is -2.12. The predicted octanol–water partition coefficient (Wildman–Crippen LogP) is 3.73. The SMILES string of the molecule is O=C(NCCn1nc(-c2ccco2)ccc1=O)c1ccccc1Oc1ccccc1. The minimum atomic E-state index is -0.295. The van der Waals surface area contributed by atoms with Crippen molar-refractivity contribution in [2.75, 3.05) is 6.54 Å². The molecule has 0 aliphatic rings. The third-order valence-corrected chi connectivity index (χ3v) is 4.35. The van der Waals surface area contributed by atoms with Gasteiger partial charge in [0.2, 0.25) is 0 Å². The fourth-order valence-electron chi connectivity index (χ4n) is 2.89. The monoisotopic (exact) mass is 401 g/mol. The number of carbonyl (C=O) groups excluding carboxylic acids is 1. The Bertz CT molecular complexity index is 1180. The topological polar surface area (TPSA) is 86.4 Å². The van der Waals surface area contributed by atoms with Gasteiger partial charge in [-0.2, -0.15) is 5.10 Å². The molecule has 7 nitrogen and oxygen atoms in total. The molecule has 150 valence electrons. The van der Waals surface area contributed by atoms with Gasteiger partial charge in [-0.15, -0.1) is 0 Å². The average molecular weight is 401 g/mol. The van der Waals surface area contributed by atoms with Crippen LogP contribution in [-0.2, 0) is 6.54 Å². The third kappa shape index (κ3) is 4.47. The zero-order valence-corrected chi connectivity index (χ0v) is 16.0. The summed E-state index contributed by atoms with van der Waals surface area (Å²) >= 11 is 0. The first-order chi connectivity index (χ1) is 14.7. The highest BCUT2D eigenvalue weighted by Crippen LogP contribution is 2.24. The first kappa shape index (κ1) is 19.2. The molecule has 2 aromatic heterocycles. The van der Waals surface area contributed by atoms with Crippen molar-refractivity contribution in [3.63, 3.8) is 0 Å². The van der Waals surface area contributed by atoms with Crippen molar-refractivity contribution >= 4 is 5.91 Å². The second-order valence-corrected chi connectivity index (χ2v) is 6.42. The van der Waals surface area contributed by atoms with Crippen LogP contribution in [-0.4, -0.2) is 22.2 Å². The molecule has 1 N–H and O–H groups in total. The molecule has 0 radical (unpaired) electrons. The number of rotatable bonds is 7. The zero-order chi connectivity index (χ0) is 20.8. The van der Waals surface area contributed by atoms with Gasteiger partial charge in [0.15, 0.2) is 5.76 Å². The Morgan fingerprint density at radius 2 is 1.77 bits per heavy atom. The van der Waals surface area contributed by atoms with Crippen LogP contribution in [0.5, 0.6) is 11.5 Å². The summed E-state index contributed by atoms with van der Waals surface area (Å²) in [7, 11) is 0. The van der Waals surface area contributed by atoms with Crippen molar-refractivity contribution in [1.82, 2.24) is 15.1 Å². The number of furan rings is 1. The summed E-state index contributed by atoms with van der Waals surface area (Å²) in [6.07, 6.45) is 1.54. The fourth-order valence-corrected chi connectivity index (χ4v) is 2.89. The van der Waals surface area contributed by atoms with E-state index in [1.165, 1.54) is 10.7 Å². The molecule has 0 spiro atoms. The number of hydrogen-bond donors (Lipinski definition) is 1. The Labute approximate surface area is 172 Å². The van der Waals surface area contributed by atoms with Crippen LogP contribution in [0, 0.1) is 0 Å². The van der Waals surface area contributed by atoms with Crippen LogP contribution in [0.4, 0.5) is 0 Å². The number of para-hydroxylation sites is 2. The van der Waals surface area contributed by atoms with Gasteiger partial charge in [0.25, 0.3) is 11.5 Å². The highest BCUT2D eigenvalue weighted by molar-refractivity contribution is 5.97. The molecule has 0 saturated heterocycles. The molecule has 0 atom stereocenters. The molecule has 0 unspecified atom stereocenters. The molecular formula is C23H19N3O4. The standard InChI is InChI=1S/C23H19N3O4/c27-22-13-12-19(21-11-6-16-29-21)25-26(22)15-14-24-23(28)18-9-4-5-10-20(18)30-17-7-2-1-3-8-17/h1-13,16H,14-15H2,(H,24,28). The number of nitrogens with zero attached hydrogens (tertiary/aromatic N) is 2. The first-order valence-corrected chi connectivity index (χ1v) is 9.43. The molecule has 4 rings (SSSR count). The molecule has 4 aromatic rings. The summed E-state index contributed by atoms with van der Waals surface area (Å²) < 4.78 is 12.4. The molecule has 0 saturated carbocycles. The zero-order valence-electron chi connectivity index (χ0n) is 16.0. The molecule has 0 bridgehead atoms. The van der Waals surface area contributed by atoms with Gasteiger partial charge in [0, 0.05) is 12.6 Å². The van der Waals surface area contributed by atoms with Gasteiger partial charge >= 0.3 is 0 Å². The quantitative estimate of drug-likeness (QED) is 0.510. The van der Waals surface area contributed by atoms with E-state index in [2.05, 4.69) is 10.4 Å². The fraction of sp³-hybridized carbons (Fsp3) is 0.0870. The van der Waals surface area contributed by atoms with E-state index in [0.29, 0.717) is 28.5 Å². The lowest BCUT2D eigenvalue weighted by atomic mass is 10.2. The van der Waals surface area contributed by atoms with Crippen LogP contribution in [0.2, 0.25) is 0 Å². The molecular weight excluding hydrogens is 382 g/mol. The summed E-state index contributed by atoms with van der Waals surface area (Å²) in [5.74, 6) is 1.37. The minimum absolute atomic E-state index is 0.223. The van der Waals surface area contributed by atoms with E-state index >= 15 is 0 Å². The maximum atomic E-state index is 12.7. The van der Waals surface area contributed by atoms with Crippen LogP contribution in [0.1, 0.15) is 10.4 Å². The van der Waals surface area contributed by atoms with Crippen molar-refractivity contribution in [2.24, 2.45) is 0 Å². The number of nitrogens with one attached hydrogen (secondary N) is 1. The van der Waals surface area contributed by atoms with E-state index in [-0.39, 0.29) is 24.6 Å². The van der Waals surface area contributed by atoms with E-state index in [1.807, 2.05) is 30.3 Å². The van der Waals surface area contributed by atoms with Gasteiger partial charge in [0.05, 0.1) is 18.4 Å². The Hall–Kier alpha value is -4.13. The maximum Gasteiger partial charge on any atom is 0.266 e. The smallest absolute Gasteiger partial charge is 0.266 e. The molecule has 30 heavy (non-hydrogen) atoms. The van der Waals surface area contributed by atoms with Crippen LogP contribution >= 0.6 is 0 Å². The van der Waals surface area contributed by atoms with E-state index in [4.69, 9.17) is 9.15 Å². The Morgan fingerprint density at radius 1 is 0.967 bits per heavy atom. The summed E-state index contributed by atoms with van der Waals surface area (Å²) in [5.41, 5.74) is 0.700. The van der Waals surface area contributed by atoms with Gasteiger partial charge in [-0.05, 0) is 42.5 Å². The largest absolute Gasteiger partial charge is 0.463 e. The van der Waals surface area contributed by atoms with Crippen molar-refractivity contribution in [1.29, 1.82) is 0 Å². The molecule has 0 aliphatic carbocycles. The summed E-state index contributed by atoms with van der Waals surface area (Å²) in [6.45, 7) is 0.452. The highest BCUT2D eigenvalue weighted by Gasteiger charge is 2.13. The normalized spacial score (nSPS) is 10.5. The van der Waals surface area contributed by atoms with Crippen molar-refractivity contribution in [3.8, 4) is 23.0 Å². The summed E-state index contributed by atoms with van der Waals surface area (Å²) in [6, 6.07) is 22.8. The molecule has 2 heterocycles. The van der Waals surface area contributed by atoms with Crippen molar-refractivity contribution in [3.05, 3.63) is 101 Å². The van der Waals surface area contributed by atoms with E-state index < -0.39 is 0 Å². The van der Waals surface area contributed by atoms with Gasteiger partial charge in [-0.25, -0.2) is 4.68 Å². The molecule has 7 heteroatoms. The predicted molar refractivity (Wildman–Crippen MR) is 111 cm³/mol. The Balaban J connectivity index is 1.43. The number of amides is 1. The molecule has 0 fully saturated rings. The Morgan fingerprint density at radius 3 is 2.57 bits per heavy atom.